The standard InChI is InChI=1S/C17H25N4O16P3/c1-9(10-4-2-3-5-11(10)21(25)26)17(18)6-7-20(16(24)19-17)15-14(23)13(22)12(35-15)8-34-39(30,31)37-40(32,33)36-38(27,28)29/h2-7,9,12-15,22-23H,8,18H2,1H3,(H,19,24)(H,30,31)(H,32,33)(H2,27,28,29)/t9?,12-,13-,14-,15-,17?/m1/s1. The van der Waals surface area contributed by atoms with Gasteiger partial charge >= 0.3 is 29.5 Å². The minimum Gasteiger partial charge on any atom is -0.387 e. The zero-order chi connectivity index (χ0) is 30.3. The van der Waals surface area contributed by atoms with Crippen molar-refractivity contribution in [1.82, 2.24) is 10.2 Å². The second-order valence-corrected chi connectivity index (χ2v) is 13.0. The van der Waals surface area contributed by atoms with Crippen LogP contribution in [0.4, 0.5) is 10.5 Å². The van der Waals surface area contributed by atoms with Crippen molar-refractivity contribution in [3.63, 3.8) is 0 Å². The Bertz CT molecular complexity index is 1320. The van der Waals surface area contributed by atoms with Crippen molar-refractivity contribution in [2.45, 2.75) is 43.0 Å². The number of ether oxygens (including phenoxy) is 1. The highest BCUT2D eigenvalue weighted by Gasteiger charge is 2.50. The topological polar surface area (TPSA) is 311 Å². The van der Waals surface area contributed by atoms with Crippen LogP contribution in [0.3, 0.4) is 0 Å². The van der Waals surface area contributed by atoms with Crippen LogP contribution in [0.1, 0.15) is 18.4 Å². The van der Waals surface area contributed by atoms with Crippen LogP contribution in [-0.4, -0.2) is 82.5 Å². The maximum absolute atomic E-state index is 12.9. The van der Waals surface area contributed by atoms with E-state index in [1.807, 2.05) is 0 Å². The number of hydrogen-bond donors (Lipinski definition) is 8. The molecular weight excluding hydrogens is 609 g/mol. The molecule has 40 heavy (non-hydrogen) atoms. The van der Waals surface area contributed by atoms with Gasteiger partial charge in [-0.25, -0.2) is 18.5 Å². The van der Waals surface area contributed by atoms with E-state index in [9.17, 15) is 48.6 Å². The van der Waals surface area contributed by atoms with Gasteiger partial charge in [-0.15, -0.1) is 0 Å². The van der Waals surface area contributed by atoms with E-state index in [1.54, 1.807) is 6.07 Å². The van der Waals surface area contributed by atoms with Gasteiger partial charge in [0, 0.05) is 23.7 Å². The Morgan fingerprint density at radius 1 is 1.15 bits per heavy atom. The molecular formula is C17H25N4O16P3. The molecule has 23 heteroatoms. The van der Waals surface area contributed by atoms with Gasteiger partial charge in [-0.3, -0.25) is 19.5 Å². The van der Waals surface area contributed by atoms with Crippen molar-refractivity contribution in [3.05, 3.63) is 52.2 Å². The normalized spacial score (nSPS) is 30.8. The summed E-state index contributed by atoms with van der Waals surface area (Å²) >= 11 is 0. The summed E-state index contributed by atoms with van der Waals surface area (Å²) in [4.78, 5) is 60.4. The molecule has 1 saturated heterocycles. The third-order valence-corrected chi connectivity index (χ3v) is 9.62. The first kappa shape index (κ1) is 32.4. The van der Waals surface area contributed by atoms with Crippen LogP contribution in [-0.2, 0) is 31.6 Å². The second-order valence-electron chi connectivity index (χ2n) is 8.56. The molecule has 2 aliphatic rings. The SMILES string of the molecule is CC(c1ccccc1[N+](=O)[O-])C1(N)C=CN([C@@H]2O[C@H](COP(=O)(O)OP(=O)(O)OP(=O)(O)O)[C@@H](O)[C@H]2O)C(=O)N1. The van der Waals surface area contributed by atoms with E-state index in [4.69, 9.17) is 20.3 Å². The number of urea groups is 1. The highest BCUT2D eigenvalue weighted by Crippen LogP contribution is 2.66. The van der Waals surface area contributed by atoms with Gasteiger partial charge in [-0.05, 0) is 6.08 Å². The molecule has 2 amide bonds. The molecule has 1 fully saturated rings. The Morgan fingerprint density at radius 3 is 2.35 bits per heavy atom. The van der Waals surface area contributed by atoms with Crippen molar-refractivity contribution in [3.8, 4) is 0 Å². The second kappa shape index (κ2) is 11.6. The van der Waals surface area contributed by atoms with Crippen molar-refractivity contribution in [2.24, 2.45) is 5.73 Å². The van der Waals surface area contributed by atoms with Gasteiger partial charge in [0.25, 0.3) is 5.69 Å². The van der Waals surface area contributed by atoms with Crippen LogP contribution >= 0.6 is 23.5 Å². The fourth-order valence-corrected chi connectivity index (χ4v) is 6.89. The lowest BCUT2D eigenvalue weighted by atomic mass is 9.86. The van der Waals surface area contributed by atoms with Gasteiger partial charge in [0.15, 0.2) is 6.23 Å². The number of aliphatic hydroxyl groups excluding tert-OH is 2. The van der Waals surface area contributed by atoms with Gasteiger partial charge < -0.3 is 45.6 Å². The van der Waals surface area contributed by atoms with E-state index < -0.39 is 77.1 Å². The van der Waals surface area contributed by atoms with Crippen molar-refractivity contribution in [1.29, 1.82) is 0 Å². The molecule has 0 spiro atoms. The first-order valence-corrected chi connectivity index (χ1v) is 15.4. The number of para-hydroxylation sites is 1. The summed E-state index contributed by atoms with van der Waals surface area (Å²) in [6.07, 6.45) is -4.59. The van der Waals surface area contributed by atoms with Crippen molar-refractivity contribution >= 4 is 35.2 Å². The molecule has 0 radical (unpaired) electrons. The number of phosphoric acid groups is 3. The maximum Gasteiger partial charge on any atom is 0.490 e. The molecule has 0 bridgehead atoms. The number of carbonyl (C=O) groups excluding carboxylic acids is 1. The number of nitrogens with one attached hydrogen (secondary N) is 1. The molecule has 9 N–H and O–H groups in total. The zero-order valence-electron chi connectivity index (χ0n) is 20.1. The molecule has 8 atom stereocenters. The van der Waals surface area contributed by atoms with Gasteiger partial charge in [0.05, 0.1) is 11.5 Å². The van der Waals surface area contributed by atoms with Crippen LogP contribution < -0.4 is 11.1 Å². The van der Waals surface area contributed by atoms with E-state index >= 15 is 0 Å². The summed E-state index contributed by atoms with van der Waals surface area (Å²) in [5, 5.41) is 34.5. The summed E-state index contributed by atoms with van der Waals surface area (Å²) in [5.41, 5.74) is 4.65. The highest BCUT2D eigenvalue weighted by atomic mass is 31.3. The Labute approximate surface area is 224 Å². The van der Waals surface area contributed by atoms with Crippen LogP contribution in [0, 0.1) is 10.1 Å². The van der Waals surface area contributed by atoms with Gasteiger partial charge in [-0.2, -0.15) is 8.62 Å². The molecule has 0 saturated carbocycles. The molecule has 2 heterocycles. The molecule has 0 aliphatic carbocycles. The number of carbonyl (C=O) groups is 1. The van der Waals surface area contributed by atoms with Gasteiger partial charge in [0.2, 0.25) is 0 Å². The first-order chi connectivity index (χ1) is 18.3. The molecule has 4 unspecified atom stereocenters. The molecule has 3 rings (SSSR count). The Hall–Kier alpha value is -2.12. The van der Waals surface area contributed by atoms with E-state index in [1.165, 1.54) is 31.2 Å². The van der Waals surface area contributed by atoms with Crippen molar-refractivity contribution < 1.29 is 71.1 Å². The predicted molar refractivity (Wildman–Crippen MR) is 128 cm³/mol. The Morgan fingerprint density at radius 2 is 1.77 bits per heavy atom. The highest BCUT2D eigenvalue weighted by molar-refractivity contribution is 7.66. The number of nitrogens with two attached hydrogens (primary N) is 1. The number of nitro benzene ring substituents is 1. The smallest absolute Gasteiger partial charge is 0.387 e. The number of nitrogens with zero attached hydrogens (tertiary/aromatic N) is 2. The molecule has 2 aliphatic heterocycles. The van der Waals surface area contributed by atoms with Crippen LogP contribution in [0.25, 0.3) is 0 Å². The average Bonchev–Trinajstić information content (AvgIpc) is 3.08. The lowest BCUT2D eigenvalue weighted by Gasteiger charge is -2.40. The number of rotatable bonds is 11. The number of phosphoric ester groups is 1. The van der Waals surface area contributed by atoms with Crippen LogP contribution in [0.15, 0.2) is 36.5 Å². The third-order valence-electron chi connectivity index (χ3n) is 5.81. The largest absolute Gasteiger partial charge is 0.490 e. The molecule has 224 valence electrons. The Kier molecular flexibility index (Phi) is 9.42. The Balaban J connectivity index is 1.70. The van der Waals surface area contributed by atoms with Crippen molar-refractivity contribution in [2.75, 3.05) is 6.61 Å². The van der Waals surface area contributed by atoms with E-state index in [0.29, 0.717) is 0 Å². The van der Waals surface area contributed by atoms with Crippen LogP contribution in [0.2, 0.25) is 0 Å². The monoisotopic (exact) mass is 634 g/mol. The molecule has 1 aromatic carbocycles. The summed E-state index contributed by atoms with van der Waals surface area (Å²) in [7, 11) is -17.0. The zero-order valence-corrected chi connectivity index (χ0v) is 22.8. The molecule has 1 aromatic rings. The van der Waals surface area contributed by atoms with E-state index in [-0.39, 0.29) is 11.3 Å². The summed E-state index contributed by atoms with van der Waals surface area (Å²) < 4.78 is 50.9. The molecule has 20 nitrogen and oxygen atoms in total. The fourth-order valence-electron chi connectivity index (χ4n) is 3.86. The number of amides is 2. The van der Waals surface area contributed by atoms with E-state index in [2.05, 4.69) is 18.5 Å². The number of benzene rings is 1. The molecule has 0 aromatic heterocycles. The summed E-state index contributed by atoms with van der Waals surface area (Å²) in [5.74, 6) is -0.826. The quantitative estimate of drug-likeness (QED) is 0.0878. The minimum atomic E-state index is -5.79. The average molecular weight is 634 g/mol. The first-order valence-electron chi connectivity index (χ1n) is 10.9. The van der Waals surface area contributed by atoms with Gasteiger partial charge in [-0.1, -0.05) is 25.1 Å². The maximum atomic E-state index is 12.9. The van der Waals surface area contributed by atoms with E-state index in [0.717, 1.165) is 11.1 Å². The number of aliphatic hydroxyl groups is 2. The summed E-state index contributed by atoms with van der Waals surface area (Å²) in [6, 6.07) is 4.78. The lowest BCUT2D eigenvalue weighted by Crippen LogP contribution is -2.64. The number of hydrogen-bond acceptors (Lipinski definition) is 13. The van der Waals surface area contributed by atoms with Gasteiger partial charge in [0.1, 0.15) is 24.0 Å². The summed E-state index contributed by atoms with van der Waals surface area (Å²) in [6.45, 7) is 0.444. The minimum absolute atomic E-state index is 0.215. The van der Waals surface area contributed by atoms with Crippen LogP contribution in [0.5, 0.6) is 0 Å². The number of nitro groups is 1. The lowest BCUT2D eigenvalue weighted by molar-refractivity contribution is -0.385. The third kappa shape index (κ3) is 7.58. The predicted octanol–water partition coefficient (Wildman–Crippen LogP) is -0.318. The fraction of sp³-hybridized carbons (Fsp3) is 0.471.